The Morgan fingerprint density at radius 2 is 1.76 bits per heavy atom. The maximum Gasteiger partial charge on any atom is 0.291 e. The summed E-state index contributed by atoms with van der Waals surface area (Å²) in [5.41, 5.74) is 5.99. The van der Waals surface area contributed by atoms with Crippen molar-refractivity contribution in [3.63, 3.8) is 0 Å². The van der Waals surface area contributed by atoms with E-state index in [1.807, 2.05) is 12.1 Å². The first-order chi connectivity index (χ1) is 9.95. The fourth-order valence-corrected chi connectivity index (χ4v) is 2.09. The standard InChI is InChI=1S/C14H10Br2N2O3/c15-9-3-1-8(2-4-9)7-10(13(17)19)18-14(20)11-5-6-12(16)21-11/h1-7H,(H2,17,19)(H,18,20)/b10-7-. The van der Waals surface area contributed by atoms with Crippen LogP contribution in [-0.4, -0.2) is 11.8 Å². The molecule has 0 bridgehead atoms. The van der Waals surface area contributed by atoms with E-state index in [1.165, 1.54) is 12.1 Å². The second kappa shape index (κ2) is 6.73. The SMILES string of the molecule is NC(=O)/C(=C/c1ccc(Br)cc1)NC(=O)c1ccc(Br)o1. The van der Waals surface area contributed by atoms with Gasteiger partial charge < -0.3 is 15.5 Å². The highest BCUT2D eigenvalue weighted by Gasteiger charge is 2.15. The van der Waals surface area contributed by atoms with Gasteiger partial charge in [0.1, 0.15) is 5.70 Å². The van der Waals surface area contributed by atoms with E-state index in [4.69, 9.17) is 10.2 Å². The minimum absolute atomic E-state index is 0.0187. The van der Waals surface area contributed by atoms with E-state index in [9.17, 15) is 9.59 Å². The van der Waals surface area contributed by atoms with E-state index >= 15 is 0 Å². The van der Waals surface area contributed by atoms with Gasteiger partial charge in [-0.25, -0.2) is 0 Å². The molecule has 21 heavy (non-hydrogen) atoms. The van der Waals surface area contributed by atoms with Crippen LogP contribution in [0.2, 0.25) is 0 Å². The Balaban J connectivity index is 2.21. The molecule has 7 heteroatoms. The highest BCUT2D eigenvalue weighted by molar-refractivity contribution is 9.10. The minimum Gasteiger partial charge on any atom is -0.444 e. The lowest BCUT2D eigenvalue weighted by molar-refractivity contribution is -0.114. The summed E-state index contributed by atoms with van der Waals surface area (Å²) in [5.74, 6) is -1.22. The summed E-state index contributed by atoms with van der Waals surface area (Å²) in [6.07, 6.45) is 1.49. The van der Waals surface area contributed by atoms with Crippen LogP contribution in [0.3, 0.4) is 0 Å². The Bertz CT molecular complexity index is 705. The van der Waals surface area contributed by atoms with Gasteiger partial charge in [0.2, 0.25) is 0 Å². The van der Waals surface area contributed by atoms with Gasteiger partial charge in [-0.2, -0.15) is 0 Å². The number of carbonyl (C=O) groups is 2. The molecule has 1 heterocycles. The summed E-state index contributed by atoms with van der Waals surface area (Å²) < 4.78 is 6.44. The largest absolute Gasteiger partial charge is 0.444 e. The normalized spacial score (nSPS) is 11.2. The Kier molecular flexibility index (Phi) is 4.98. The van der Waals surface area contributed by atoms with Crippen LogP contribution < -0.4 is 11.1 Å². The summed E-state index contributed by atoms with van der Waals surface area (Å²) in [6, 6.07) is 10.3. The summed E-state index contributed by atoms with van der Waals surface area (Å²) >= 11 is 6.41. The quantitative estimate of drug-likeness (QED) is 0.755. The zero-order valence-corrected chi connectivity index (χ0v) is 13.8. The first-order valence-electron chi connectivity index (χ1n) is 5.79. The molecule has 0 radical (unpaired) electrons. The van der Waals surface area contributed by atoms with Crippen LogP contribution >= 0.6 is 31.9 Å². The average Bonchev–Trinajstić information content (AvgIpc) is 2.87. The zero-order chi connectivity index (χ0) is 15.4. The number of halogens is 2. The van der Waals surface area contributed by atoms with Crippen molar-refractivity contribution < 1.29 is 14.0 Å². The molecule has 1 aromatic carbocycles. The summed E-state index contributed by atoms with van der Waals surface area (Å²) in [7, 11) is 0. The maximum atomic E-state index is 11.9. The predicted octanol–water partition coefficient (Wildman–Crippen LogP) is 3.06. The molecule has 0 saturated carbocycles. The first kappa shape index (κ1) is 15.5. The van der Waals surface area contributed by atoms with E-state index in [0.717, 1.165) is 10.0 Å². The smallest absolute Gasteiger partial charge is 0.291 e. The summed E-state index contributed by atoms with van der Waals surface area (Å²) in [4.78, 5) is 23.4. The van der Waals surface area contributed by atoms with E-state index in [2.05, 4.69) is 37.2 Å². The summed E-state index contributed by atoms with van der Waals surface area (Å²) in [5, 5.41) is 2.43. The Morgan fingerprint density at radius 1 is 1.10 bits per heavy atom. The molecular formula is C14H10Br2N2O3. The van der Waals surface area contributed by atoms with Crippen molar-refractivity contribution in [2.24, 2.45) is 5.73 Å². The molecule has 1 aromatic heterocycles. The second-order valence-electron chi connectivity index (χ2n) is 4.03. The van der Waals surface area contributed by atoms with Gasteiger partial charge in [0.05, 0.1) is 0 Å². The van der Waals surface area contributed by atoms with Crippen LogP contribution in [0.15, 0.2) is 55.7 Å². The zero-order valence-electron chi connectivity index (χ0n) is 10.6. The van der Waals surface area contributed by atoms with Crippen LogP contribution in [0.5, 0.6) is 0 Å². The van der Waals surface area contributed by atoms with Crippen molar-refractivity contribution in [3.05, 3.63) is 62.6 Å². The topological polar surface area (TPSA) is 85.3 Å². The van der Waals surface area contributed by atoms with E-state index in [-0.39, 0.29) is 11.5 Å². The number of primary amides is 1. The van der Waals surface area contributed by atoms with Crippen LogP contribution in [-0.2, 0) is 4.79 Å². The number of furan rings is 1. The Morgan fingerprint density at radius 3 is 2.29 bits per heavy atom. The Hall–Kier alpha value is -1.86. The van der Waals surface area contributed by atoms with Crippen LogP contribution in [0, 0.1) is 0 Å². The molecule has 2 aromatic rings. The summed E-state index contributed by atoms with van der Waals surface area (Å²) in [6.45, 7) is 0. The third-order valence-corrected chi connectivity index (χ3v) is 3.45. The second-order valence-corrected chi connectivity index (χ2v) is 5.73. The molecule has 0 aliphatic carbocycles. The fraction of sp³-hybridized carbons (Fsp3) is 0. The number of hydrogen-bond donors (Lipinski definition) is 2. The molecule has 3 N–H and O–H groups in total. The number of carbonyl (C=O) groups excluding carboxylic acids is 2. The number of amides is 2. The third kappa shape index (κ3) is 4.30. The van der Waals surface area contributed by atoms with Crippen molar-refractivity contribution in [2.75, 3.05) is 0 Å². The van der Waals surface area contributed by atoms with E-state index in [1.54, 1.807) is 18.2 Å². The molecule has 2 rings (SSSR count). The number of nitrogens with one attached hydrogen (secondary N) is 1. The number of rotatable bonds is 4. The lowest BCUT2D eigenvalue weighted by Gasteiger charge is -2.05. The number of hydrogen-bond acceptors (Lipinski definition) is 3. The van der Waals surface area contributed by atoms with Gasteiger partial charge in [-0.3, -0.25) is 9.59 Å². The maximum absolute atomic E-state index is 11.9. The molecular weight excluding hydrogens is 404 g/mol. The van der Waals surface area contributed by atoms with Gasteiger partial charge in [0.25, 0.3) is 11.8 Å². The molecule has 0 aliphatic rings. The Labute approximate surface area is 137 Å². The van der Waals surface area contributed by atoms with Gasteiger partial charge in [0.15, 0.2) is 10.4 Å². The first-order valence-corrected chi connectivity index (χ1v) is 7.38. The van der Waals surface area contributed by atoms with Gasteiger partial charge in [-0.1, -0.05) is 28.1 Å². The van der Waals surface area contributed by atoms with Crippen LogP contribution in [0.1, 0.15) is 16.1 Å². The number of benzene rings is 1. The molecule has 2 amide bonds. The molecule has 5 nitrogen and oxygen atoms in total. The molecule has 108 valence electrons. The van der Waals surface area contributed by atoms with Crippen LogP contribution in [0.4, 0.5) is 0 Å². The van der Waals surface area contributed by atoms with Gasteiger partial charge in [0, 0.05) is 4.47 Å². The van der Waals surface area contributed by atoms with Crippen molar-refractivity contribution in [1.82, 2.24) is 5.32 Å². The molecule has 0 atom stereocenters. The van der Waals surface area contributed by atoms with Crippen molar-refractivity contribution >= 4 is 49.8 Å². The van der Waals surface area contributed by atoms with E-state index < -0.39 is 11.8 Å². The molecule has 0 spiro atoms. The average molecular weight is 414 g/mol. The van der Waals surface area contributed by atoms with Gasteiger partial charge in [-0.05, 0) is 51.8 Å². The van der Waals surface area contributed by atoms with Crippen molar-refractivity contribution in [2.45, 2.75) is 0 Å². The molecule has 0 fully saturated rings. The monoisotopic (exact) mass is 412 g/mol. The molecule has 0 saturated heterocycles. The highest BCUT2D eigenvalue weighted by atomic mass is 79.9. The van der Waals surface area contributed by atoms with Gasteiger partial charge >= 0.3 is 0 Å². The minimum atomic E-state index is -0.739. The number of nitrogens with two attached hydrogens (primary N) is 1. The molecule has 0 aliphatic heterocycles. The third-order valence-electron chi connectivity index (χ3n) is 2.49. The van der Waals surface area contributed by atoms with Crippen molar-refractivity contribution in [3.8, 4) is 0 Å². The lowest BCUT2D eigenvalue weighted by Crippen LogP contribution is -2.30. The predicted molar refractivity (Wildman–Crippen MR) is 85.2 cm³/mol. The van der Waals surface area contributed by atoms with Crippen LogP contribution in [0.25, 0.3) is 6.08 Å². The van der Waals surface area contributed by atoms with Gasteiger partial charge in [-0.15, -0.1) is 0 Å². The highest BCUT2D eigenvalue weighted by Crippen LogP contribution is 2.15. The molecule has 0 unspecified atom stereocenters. The van der Waals surface area contributed by atoms with E-state index in [0.29, 0.717) is 4.67 Å². The lowest BCUT2D eigenvalue weighted by atomic mass is 10.2. The van der Waals surface area contributed by atoms with Crippen molar-refractivity contribution in [1.29, 1.82) is 0 Å². The fourth-order valence-electron chi connectivity index (χ4n) is 1.51.